The Morgan fingerprint density at radius 3 is 2.50 bits per heavy atom. The molecule has 0 bridgehead atoms. The lowest BCUT2D eigenvalue weighted by Gasteiger charge is -2.22. The van der Waals surface area contributed by atoms with E-state index < -0.39 is 0 Å². The molecule has 1 rings (SSSR count). The van der Waals surface area contributed by atoms with Gasteiger partial charge in [-0.05, 0) is 38.5 Å². The second-order valence-corrected chi connectivity index (χ2v) is 5.86. The maximum absolute atomic E-state index is 5.92. The van der Waals surface area contributed by atoms with Crippen LogP contribution < -0.4 is 11.5 Å². The van der Waals surface area contributed by atoms with Crippen molar-refractivity contribution >= 4 is 17.4 Å². The molecule has 0 aliphatic heterocycles. The highest BCUT2D eigenvalue weighted by Gasteiger charge is 2.18. The van der Waals surface area contributed by atoms with E-state index in [2.05, 4.69) is 26.0 Å². The number of hydrogen-bond acceptors (Lipinski definition) is 3. The van der Waals surface area contributed by atoms with E-state index >= 15 is 0 Å². The van der Waals surface area contributed by atoms with Crippen LogP contribution in [0.3, 0.4) is 0 Å². The summed E-state index contributed by atoms with van der Waals surface area (Å²) in [5, 5.41) is 0. The molecule has 0 spiro atoms. The van der Waals surface area contributed by atoms with E-state index in [0.717, 1.165) is 10.6 Å². The molecule has 0 saturated carbocycles. The van der Waals surface area contributed by atoms with Gasteiger partial charge >= 0.3 is 0 Å². The third kappa shape index (κ3) is 2.93. The molecular weight excluding hydrogens is 192 g/mol. The minimum Gasteiger partial charge on any atom is -0.398 e. The van der Waals surface area contributed by atoms with Gasteiger partial charge in [-0.1, -0.05) is 6.07 Å². The number of benzene rings is 1. The van der Waals surface area contributed by atoms with E-state index in [1.165, 1.54) is 5.56 Å². The highest BCUT2D eigenvalue weighted by atomic mass is 32.2. The number of aryl methyl sites for hydroxylation is 1. The molecule has 78 valence electrons. The average Bonchev–Trinajstić information content (AvgIpc) is 2.10. The van der Waals surface area contributed by atoms with Crippen LogP contribution in [0.2, 0.25) is 0 Å². The van der Waals surface area contributed by atoms with E-state index in [9.17, 15) is 0 Å². The SMILES string of the molecule is Cc1ccc(SC(C)(C)CN)c(N)c1. The van der Waals surface area contributed by atoms with Gasteiger partial charge in [-0.25, -0.2) is 0 Å². The first-order valence-corrected chi connectivity index (χ1v) is 5.51. The number of rotatable bonds is 3. The zero-order valence-electron chi connectivity index (χ0n) is 9.00. The normalized spacial score (nSPS) is 11.7. The Bertz CT molecular complexity index is 321. The Morgan fingerprint density at radius 2 is 2.00 bits per heavy atom. The van der Waals surface area contributed by atoms with E-state index in [1.807, 2.05) is 13.0 Å². The van der Waals surface area contributed by atoms with Crippen LogP contribution in [-0.4, -0.2) is 11.3 Å². The lowest BCUT2D eigenvalue weighted by molar-refractivity contribution is 0.723. The van der Waals surface area contributed by atoms with Gasteiger partial charge in [-0.3, -0.25) is 0 Å². The van der Waals surface area contributed by atoms with Crippen LogP contribution in [0.4, 0.5) is 5.69 Å². The highest BCUT2D eigenvalue weighted by molar-refractivity contribution is 8.00. The Morgan fingerprint density at radius 1 is 1.36 bits per heavy atom. The van der Waals surface area contributed by atoms with Gasteiger partial charge in [-0.2, -0.15) is 0 Å². The maximum atomic E-state index is 5.92. The number of thioether (sulfide) groups is 1. The quantitative estimate of drug-likeness (QED) is 0.595. The zero-order chi connectivity index (χ0) is 10.8. The standard InChI is InChI=1S/C11H18N2S/c1-8-4-5-10(9(13)6-8)14-11(2,3)7-12/h4-6H,7,12-13H2,1-3H3. The number of nitrogens with two attached hydrogens (primary N) is 2. The van der Waals surface area contributed by atoms with Crippen LogP contribution in [0, 0.1) is 6.92 Å². The number of nitrogen functional groups attached to an aromatic ring is 1. The molecule has 1 aromatic rings. The minimum atomic E-state index is 0.0450. The molecule has 0 radical (unpaired) electrons. The first-order chi connectivity index (χ1) is 6.44. The van der Waals surface area contributed by atoms with Crippen LogP contribution in [0.1, 0.15) is 19.4 Å². The summed E-state index contributed by atoms with van der Waals surface area (Å²) in [6.45, 7) is 6.93. The molecule has 3 heteroatoms. The summed E-state index contributed by atoms with van der Waals surface area (Å²) in [6.07, 6.45) is 0. The fourth-order valence-corrected chi connectivity index (χ4v) is 2.09. The van der Waals surface area contributed by atoms with E-state index in [0.29, 0.717) is 6.54 Å². The Labute approximate surface area is 90.1 Å². The molecule has 0 heterocycles. The van der Waals surface area contributed by atoms with Gasteiger partial charge in [0.25, 0.3) is 0 Å². The van der Waals surface area contributed by atoms with Crippen LogP contribution >= 0.6 is 11.8 Å². The third-order valence-electron chi connectivity index (χ3n) is 2.04. The minimum absolute atomic E-state index is 0.0450. The van der Waals surface area contributed by atoms with E-state index in [-0.39, 0.29) is 4.75 Å². The summed E-state index contributed by atoms with van der Waals surface area (Å²) >= 11 is 1.73. The topological polar surface area (TPSA) is 52.0 Å². The summed E-state index contributed by atoms with van der Waals surface area (Å²) in [7, 11) is 0. The van der Waals surface area contributed by atoms with Crippen molar-refractivity contribution in [3.63, 3.8) is 0 Å². The van der Waals surface area contributed by atoms with Crippen molar-refractivity contribution in [1.82, 2.24) is 0 Å². The fraction of sp³-hybridized carbons (Fsp3) is 0.455. The van der Waals surface area contributed by atoms with Gasteiger partial charge in [-0.15, -0.1) is 11.8 Å². The predicted octanol–water partition coefficient (Wildman–Crippen LogP) is 2.41. The van der Waals surface area contributed by atoms with Crippen molar-refractivity contribution in [2.75, 3.05) is 12.3 Å². The van der Waals surface area contributed by atoms with Gasteiger partial charge in [0, 0.05) is 21.9 Å². The Kier molecular flexibility index (Phi) is 3.45. The smallest absolute Gasteiger partial charge is 0.0455 e. The molecule has 0 amide bonds. The molecule has 14 heavy (non-hydrogen) atoms. The van der Waals surface area contributed by atoms with Crippen molar-refractivity contribution in [1.29, 1.82) is 0 Å². The van der Waals surface area contributed by atoms with Crippen molar-refractivity contribution in [2.45, 2.75) is 30.4 Å². The summed E-state index contributed by atoms with van der Waals surface area (Å²) in [6, 6.07) is 6.13. The van der Waals surface area contributed by atoms with Crippen molar-refractivity contribution in [3.05, 3.63) is 23.8 Å². The van der Waals surface area contributed by atoms with Gasteiger partial charge in [0.05, 0.1) is 0 Å². The van der Waals surface area contributed by atoms with Gasteiger partial charge < -0.3 is 11.5 Å². The van der Waals surface area contributed by atoms with Gasteiger partial charge in [0.15, 0.2) is 0 Å². The van der Waals surface area contributed by atoms with Crippen LogP contribution in [0.5, 0.6) is 0 Å². The Balaban J connectivity index is 2.87. The average molecular weight is 210 g/mol. The molecule has 0 unspecified atom stereocenters. The monoisotopic (exact) mass is 210 g/mol. The first-order valence-electron chi connectivity index (χ1n) is 4.70. The summed E-state index contributed by atoms with van der Waals surface area (Å²) in [5.41, 5.74) is 13.6. The summed E-state index contributed by atoms with van der Waals surface area (Å²) in [4.78, 5) is 1.12. The molecule has 2 nitrogen and oxygen atoms in total. The van der Waals surface area contributed by atoms with Crippen molar-refractivity contribution in [2.24, 2.45) is 5.73 Å². The molecule has 1 aromatic carbocycles. The van der Waals surface area contributed by atoms with Crippen molar-refractivity contribution in [3.8, 4) is 0 Å². The van der Waals surface area contributed by atoms with Gasteiger partial charge in [0.2, 0.25) is 0 Å². The summed E-state index contributed by atoms with van der Waals surface area (Å²) < 4.78 is 0.0450. The Hall–Kier alpha value is -0.670. The fourth-order valence-electron chi connectivity index (χ4n) is 1.10. The van der Waals surface area contributed by atoms with E-state index in [1.54, 1.807) is 11.8 Å². The lowest BCUT2D eigenvalue weighted by Crippen LogP contribution is -2.26. The summed E-state index contributed by atoms with van der Waals surface area (Å²) in [5.74, 6) is 0. The molecule has 0 aromatic heterocycles. The molecule has 4 N–H and O–H groups in total. The molecule has 0 aliphatic carbocycles. The second kappa shape index (κ2) is 4.24. The van der Waals surface area contributed by atoms with Crippen LogP contribution in [-0.2, 0) is 0 Å². The lowest BCUT2D eigenvalue weighted by atomic mass is 10.2. The molecule has 0 aliphatic rings. The van der Waals surface area contributed by atoms with E-state index in [4.69, 9.17) is 11.5 Å². The largest absolute Gasteiger partial charge is 0.398 e. The van der Waals surface area contributed by atoms with Crippen molar-refractivity contribution < 1.29 is 0 Å². The predicted molar refractivity (Wildman–Crippen MR) is 64.6 cm³/mol. The third-order valence-corrected chi connectivity index (χ3v) is 3.35. The molecule has 0 saturated heterocycles. The second-order valence-electron chi connectivity index (χ2n) is 4.11. The molecule has 0 fully saturated rings. The van der Waals surface area contributed by atoms with Gasteiger partial charge in [0.1, 0.15) is 0 Å². The van der Waals surface area contributed by atoms with Crippen LogP contribution in [0.25, 0.3) is 0 Å². The number of anilines is 1. The maximum Gasteiger partial charge on any atom is 0.0455 e. The molecular formula is C11H18N2S. The zero-order valence-corrected chi connectivity index (χ0v) is 9.82. The van der Waals surface area contributed by atoms with Crippen LogP contribution in [0.15, 0.2) is 23.1 Å². The highest BCUT2D eigenvalue weighted by Crippen LogP contribution is 2.35. The first kappa shape index (κ1) is 11.4. The molecule has 0 atom stereocenters. The number of hydrogen-bond donors (Lipinski definition) is 2.